The topological polar surface area (TPSA) is 72.7 Å². The number of rotatable bonds is 3. The van der Waals surface area contributed by atoms with E-state index in [9.17, 15) is 5.11 Å². The summed E-state index contributed by atoms with van der Waals surface area (Å²) in [5, 5.41) is 19.1. The average molecular weight is 221 g/mol. The largest absolute Gasteiger partial charge is 0.386 e. The van der Waals surface area contributed by atoms with Crippen molar-refractivity contribution < 1.29 is 5.11 Å². The smallest absolute Gasteiger partial charge is 0.164 e. The summed E-state index contributed by atoms with van der Waals surface area (Å²) < 4.78 is 0. The van der Waals surface area contributed by atoms with Crippen molar-refractivity contribution in [3.05, 3.63) is 17.2 Å². The molecule has 0 aliphatic carbocycles. The highest BCUT2D eigenvalue weighted by Crippen LogP contribution is 2.33. The van der Waals surface area contributed by atoms with Gasteiger partial charge in [-0.15, -0.1) is 0 Å². The van der Waals surface area contributed by atoms with Crippen LogP contribution in [0, 0.1) is 16.7 Å². The van der Waals surface area contributed by atoms with Crippen molar-refractivity contribution in [3.8, 4) is 6.07 Å². The maximum atomic E-state index is 10.1. The van der Waals surface area contributed by atoms with E-state index in [4.69, 9.17) is 5.26 Å². The molecule has 0 spiro atoms. The Hall–Kier alpha value is -1.34. The molecule has 1 unspecified atom stereocenters. The molecule has 1 rings (SSSR count). The Balaban J connectivity index is 3.08. The number of hydrogen-bond donors (Lipinski definition) is 2. The molecule has 0 saturated heterocycles. The number of aromatic nitrogens is 2. The molecule has 0 fully saturated rings. The third-order valence-electron chi connectivity index (χ3n) is 2.47. The van der Waals surface area contributed by atoms with Gasteiger partial charge in [-0.3, -0.25) is 0 Å². The second kappa shape index (κ2) is 4.67. The van der Waals surface area contributed by atoms with Crippen LogP contribution in [-0.4, -0.2) is 15.1 Å². The first-order valence-electron chi connectivity index (χ1n) is 5.57. The predicted octanol–water partition coefficient (Wildman–Crippen LogP) is 2.31. The average Bonchev–Trinajstić information content (AvgIpc) is 2.59. The molecule has 1 atom stereocenters. The Bertz CT molecular complexity index is 395. The zero-order valence-corrected chi connectivity index (χ0v) is 10.3. The zero-order valence-electron chi connectivity index (χ0n) is 10.3. The molecule has 4 heteroatoms. The van der Waals surface area contributed by atoms with E-state index in [0.717, 1.165) is 18.7 Å². The monoisotopic (exact) mass is 221 g/mol. The number of nitrogens with one attached hydrogen (secondary N) is 1. The van der Waals surface area contributed by atoms with Gasteiger partial charge in [0, 0.05) is 6.42 Å². The van der Waals surface area contributed by atoms with Crippen molar-refractivity contribution in [1.82, 2.24) is 9.97 Å². The minimum Gasteiger partial charge on any atom is -0.386 e. The lowest BCUT2D eigenvalue weighted by Crippen LogP contribution is -2.19. The van der Waals surface area contributed by atoms with E-state index in [1.165, 1.54) is 0 Å². The summed E-state index contributed by atoms with van der Waals surface area (Å²) in [5.74, 6) is 0.775. The van der Waals surface area contributed by atoms with Crippen LogP contribution in [0.3, 0.4) is 0 Å². The molecule has 4 nitrogen and oxygen atoms in total. The fourth-order valence-electron chi connectivity index (χ4n) is 1.51. The molecule has 1 heterocycles. The molecule has 0 amide bonds. The Morgan fingerprint density at radius 1 is 1.50 bits per heavy atom. The Kier molecular flexibility index (Phi) is 3.71. The number of aliphatic hydroxyl groups is 1. The van der Waals surface area contributed by atoms with Crippen molar-refractivity contribution in [3.63, 3.8) is 0 Å². The van der Waals surface area contributed by atoms with E-state index in [2.05, 4.69) is 16.9 Å². The van der Waals surface area contributed by atoms with Crippen LogP contribution < -0.4 is 0 Å². The fraction of sp³-hybridized carbons (Fsp3) is 0.667. The normalized spacial score (nSPS) is 13.5. The first-order valence-corrected chi connectivity index (χ1v) is 5.57. The maximum absolute atomic E-state index is 10.1. The van der Waals surface area contributed by atoms with Crippen LogP contribution in [0.25, 0.3) is 0 Å². The van der Waals surface area contributed by atoms with Crippen LogP contribution in [0.1, 0.15) is 57.4 Å². The van der Waals surface area contributed by atoms with Gasteiger partial charge in [-0.25, -0.2) is 4.98 Å². The number of aromatic amines is 1. The van der Waals surface area contributed by atoms with E-state index in [-0.39, 0.29) is 5.41 Å². The van der Waals surface area contributed by atoms with Crippen LogP contribution in [0.4, 0.5) is 0 Å². The van der Waals surface area contributed by atoms with E-state index in [1.54, 1.807) is 0 Å². The van der Waals surface area contributed by atoms with Gasteiger partial charge in [-0.1, -0.05) is 27.7 Å². The first-order chi connectivity index (χ1) is 7.40. The number of nitriles is 1. The van der Waals surface area contributed by atoms with E-state index < -0.39 is 6.10 Å². The molecule has 1 aromatic rings. The second-order valence-electron chi connectivity index (χ2n) is 5.08. The molecule has 16 heavy (non-hydrogen) atoms. The van der Waals surface area contributed by atoms with Gasteiger partial charge in [0.2, 0.25) is 0 Å². The zero-order chi connectivity index (χ0) is 12.3. The summed E-state index contributed by atoms with van der Waals surface area (Å²) in [6.07, 6.45) is 1.06. The Labute approximate surface area is 96.3 Å². The highest BCUT2D eigenvalue weighted by molar-refractivity contribution is 5.30. The quantitative estimate of drug-likeness (QED) is 0.822. The number of H-pyrrole nitrogens is 1. The lowest BCUT2D eigenvalue weighted by molar-refractivity contribution is 0.0589. The van der Waals surface area contributed by atoms with Gasteiger partial charge in [0.1, 0.15) is 18.0 Å². The van der Waals surface area contributed by atoms with Crippen molar-refractivity contribution in [2.45, 2.75) is 46.6 Å². The van der Waals surface area contributed by atoms with E-state index >= 15 is 0 Å². The van der Waals surface area contributed by atoms with Gasteiger partial charge in [0.15, 0.2) is 5.69 Å². The molecule has 0 aromatic carbocycles. The number of aryl methyl sites for hydroxylation is 1. The van der Waals surface area contributed by atoms with Gasteiger partial charge < -0.3 is 10.1 Å². The van der Waals surface area contributed by atoms with Crippen molar-refractivity contribution in [2.75, 3.05) is 0 Å². The third-order valence-corrected chi connectivity index (χ3v) is 2.47. The van der Waals surface area contributed by atoms with Crippen molar-refractivity contribution >= 4 is 0 Å². The van der Waals surface area contributed by atoms with Crippen molar-refractivity contribution in [1.29, 1.82) is 5.26 Å². The predicted molar refractivity (Wildman–Crippen MR) is 61.7 cm³/mol. The Morgan fingerprint density at radius 2 is 2.12 bits per heavy atom. The molecule has 2 N–H and O–H groups in total. The van der Waals surface area contributed by atoms with Crippen LogP contribution >= 0.6 is 0 Å². The fourth-order valence-corrected chi connectivity index (χ4v) is 1.51. The summed E-state index contributed by atoms with van der Waals surface area (Å²) in [6.45, 7) is 7.84. The molecule has 0 aliphatic heterocycles. The minimum absolute atomic E-state index is 0.304. The molecular formula is C12H19N3O. The number of aliphatic hydroxyl groups excluding tert-OH is 1. The number of hydrogen-bond acceptors (Lipinski definition) is 3. The van der Waals surface area contributed by atoms with Gasteiger partial charge in [0.25, 0.3) is 0 Å². The molecular weight excluding hydrogens is 202 g/mol. The van der Waals surface area contributed by atoms with Crippen LogP contribution in [0.2, 0.25) is 0 Å². The second-order valence-corrected chi connectivity index (χ2v) is 5.08. The summed E-state index contributed by atoms with van der Waals surface area (Å²) in [7, 11) is 0. The third kappa shape index (κ3) is 2.61. The van der Waals surface area contributed by atoms with Crippen LogP contribution in [0.15, 0.2) is 0 Å². The lowest BCUT2D eigenvalue weighted by atomic mass is 9.87. The van der Waals surface area contributed by atoms with Crippen LogP contribution in [0.5, 0.6) is 0 Å². The summed E-state index contributed by atoms with van der Waals surface area (Å²) in [6, 6.07) is 2.03. The SMILES string of the molecule is CCCc1nc(C#N)c(C(O)C(C)(C)C)[nH]1. The summed E-state index contributed by atoms with van der Waals surface area (Å²) >= 11 is 0. The van der Waals surface area contributed by atoms with Gasteiger partial charge >= 0.3 is 0 Å². The molecule has 88 valence electrons. The van der Waals surface area contributed by atoms with Crippen molar-refractivity contribution in [2.24, 2.45) is 5.41 Å². The molecule has 0 radical (unpaired) electrons. The number of imidazole rings is 1. The van der Waals surface area contributed by atoms with E-state index in [0.29, 0.717) is 11.4 Å². The highest BCUT2D eigenvalue weighted by atomic mass is 16.3. The van der Waals surface area contributed by atoms with E-state index in [1.807, 2.05) is 26.8 Å². The van der Waals surface area contributed by atoms with Gasteiger partial charge in [-0.2, -0.15) is 5.26 Å². The standard InChI is InChI=1S/C12H19N3O/c1-5-6-9-14-8(7-13)10(15-9)11(16)12(2,3)4/h11,16H,5-6H2,1-4H3,(H,14,15). The highest BCUT2D eigenvalue weighted by Gasteiger charge is 2.28. The minimum atomic E-state index is -0.694. The molecule has 0 aliphatic rings. The Morgan fingerprint density at radius 3 is 2.56 bits per heavy atom. The molecule has 0 bridgehead atoms. The first kappa shape index (κ1) is 12.7. The van der Waals surface area contributed by atoms with Gasteiger partial charge in [0.05, 0.1) is 5.69 Å². The molecule has 1 aromatic heterocycles. The maximum Gasteiger partial charge on any atom is 0.164 e. The summed E-state index contributed by atoms with van der Waals surface area (Å²) in [5.41, 5.74) is 0.547. The van der Waals surface area contributed by atoms with Crippen LogP contribution in [-0.2, 0) is 6.42 Å². The number of nitrogens with zero attached hydrogens (tertiary/aromatic N) is 2. The lowest BCUT2D eigenvalue weighted by Gasteiger charge is -2.24. The van der Waals surface area contributed by atoms with Gasteiger partial charge in [-0.05, 0) is 11.8 Å². The summed E-state index contributed by atoms with van der Waals surface area (Å²) in [4.78, 5) is 7.23. The molecule has 0 saturated carbocycles.